The lowest BCUT2D eigenvalue weighted by Gasteiger charge is -2.18. The second-order valence-electron chi connectivity index (χ2n) is 11.6. The summed E-state index contributed by atoms with van der Waals surface area (Å²) in [6.45, 7) is 0. The Bertz CT molecular complexity index is 2510. The first kappa shape index (κ1) is 26.2. The lowest BCUT2D eigenvalue weighted by molar-refractivity contribution is 1.29. The number of nitrogens with zero attached hydrogens (tertiary/aromatic N) is 3. The van der Waals surface area contributed by atoms with Gasteiger partial charge < -0.3 is 0 Å². The Balaban J connectivity index is 1.24. The number of aromatic nitrogens is 3. The van der Waals surface area contributed by atoms with E-state index in [1.807, 2.05) is 42.7 Å². The molecule has 3 nitrogen and oxygen atoms in total. The van der Waals surface area contributed by atoms with E-state index < -0.39 is 0 Å². The number of para-hydroxylation sites is 2. The van der Waals surface area contributed by atoms with Gasteiger partial charge in [-0.15, -0.1) is 0 Å². The average Bonchev–Trinajstić information content (AvgIpc) is 3.13. The molecule has 214 valence electrons. The zero-order valence-electron chi connectivity index (χ0n) is 24.9. The normalized spacial score (nSPS) is 11.5. The molecule has 0 aliphatic carbocycles. The molecule has 7 aromatic carbocycles. The van der Waals surface area contributed by atoms with E-state index in [1.165, 1.54) is 43.4 Å². The number of pyridine rings is 1. The van der Waals surface area contributed by atoms with Gasteiger partial charge in [0.15, 0.2) is 0 Å². The van der Waals surface area contributed by atoms with E-state index in [9.17, 15) is 0 Å². The maximum absolute atomic E-state index is 5.18. The van der Waals surface area contributed by atoms with E-state index in [0.29, 0.717) is 0 Å². The van der Waals surface area contributed by atoms with Crippen LogP contribution in [0.15, 0.2) is 164 Å². The molecule has 0 atom stereocenters. The molecule has 0 bridgehead atoms. The number of hydrogen-bond donors (Lipinski definition) is 0. The van der Waals surface area contributed by atoms with Gasteiger partial charge in [0.2, 0.25) is 0 Å². The first-order valence-electron chi connectivity index (χ1n) is 15.5. The van der Waals surface area contributed by atoms with Crippen LogP contribution in [-0.4, -0.2) is 15.0 Å². The van der Waals surface area contributed by atoms with Gasteiger partial charge in [-0.25, -0.2) is 9.97 Å². The molecule has 0 unspecified atom stereocenters. The number of benzene rings is 7. The predicted molar refractivity (Wildman–Crippen MR) is 192 cm³/mol. The second kappa shape index (κ2) is 10.8. The Morgan fingerprint density at radius 3 is 1.46 bits per heavy atom. The van der Waals surface area contributed by atoms with E-state index in [0.717, 1.165) is 44.7 Å². The van der Waals surface area contributed by atoms with Crippen LogP contribution in [0.4, 0.5) is 0 Å². The quantitative estimate of drug-likeness (QED) is 0.193. The molecule has 9 aromatic rings. The highest BCUT2D eigenvalue weighted by Gasteiger charge is 2.18. The summed E-state index contributed by atoms with van der Waals surface area (Å²) in [5, 5.41) is 7.26. The van der Waals surface area contributed by atoms with Crippen LogP contribution in [0.1, 0.15) is 0 Å². The minimum Gasteiger partial charge on any atom is -0.264 e. The van der Waals surface area contributed by atoms with Crippen molar-refractivity contribution in [1.82, 2.24) is 15.0 Å². The fraction of sp³-hybridized carbons (Fsp3) is 0. The van der Waals surface area contributed by atoms with Crippen molar-refractivity contribution in [3.8, 4) is 44.8 Å². The Kier molecular flexibility index (Phi) is 6.14. The molecular formula is C43H27N3. The van der Waals surface area contributed by atoms with E-state index in [2.05, 4.69) is 126 Å². The molecule has 0 saturated carbocycles. The van der Waals surface area contributed by atoms with Crippen molar-refractivity contribution in [2.24, 2.45) is 0 Å². The summed E-state index contributed by atoms with van der Waals surface area (Å²) in [6.07, 6.45) is 3.79. The van der Waals surface area contributed by atoms with Gasteiger partial charge in [0.1, 0.15) is 0 Å². The summed E-state index contributed by atoms with van der Waals surface area (Å²) in [7, 11) is 0. The van der Waals surface area contributed by atoms with Crippen LogP contribution in [0, 0.1) is 0 Å². The molecule has 0 N–H and O–H groups in total. The van der Waals surface area contributed by atoms with E-state index >= 15 is 0 Å². The highest BCUT2D eigenvalue weighted by Crippen LogP contribution is 2.44. The lowest BCUT2D eigenvalue weighted by Crippen LogP contribution is -1.96. The fourth-order valence-corrected chi connectivity index (χ4v) is 6.80. The van der Waals surface area contributed by atoms with Gasteiger partial charge >= 0.3 is 0 Å². The highest BCUT2D eigenvalue weighted by atomic mass is 14.8. The van der Waals surface area contributed by atoms with Gasteiger partial charge in [0.05, 0.1) is 22.4 Å². The molecule has 0 fully saturated rings. The molecule has 0 radical (unpaired) electrons. The van der Waals surface area contributed by atoms with Crippen molar-refractivity contribution >= 4 is 43.4 Å². The first-order chi connectivity index (χ1) is 22.8. The zero-order chi connectivity index (χ0) is 30.5. The van der Waals surface area contributed by atoms with Crippen molar-refractivity contribution in [3.05, 3.63) is 164 Å². The van der Waals surface area contributed by atoms with E-state index in [1.54, 1.807) is 0 Å². The molecule has 0 aliphatic heterocycles. The maximum atomic E-state index is 5.18. The van der Waals surface area contributed by atoms with Gasteiger partial charge in [-0.3, -0.25) is 4.98 Å². The molecule has 46 heavy (non-hydrogen) atoms. The fourth-order valence-electron chi connectivity index (χ4n) is 6.80. The molecule has 3 heteroatoms. The standard InChI is InChI=1S/C43H27N3/c1-2-11-31-26-32(24-19-28(31)10-1)43-42(45-38-17-7-8-18-39(38)46-43)30-22-20-29(21-23-30)40-34-13-3-5-15-36(34)41(33-12-9-25-44-27-33)37-16-6-4-14-35(37)40/h1-27H. The summed E-state index contributed by atoms with van der Waals surface area (Å²) >= 11 is 0. The van der Waals surface area contributed by atoms with Crippen molar-refractivity contribution < 1.29 is 0 Å². The van der Waals surface area contributed by atoms with Crippen molar-refractivity contribution in [1.29, 1.82) is 0 Å². The minimum absolute atomic E-state index is 0.877. The zero-order valence-corrected chi connectivity index (χ0v) is 24.9. The highest BCUT2D eigenvalue weighted by molar-refractivity contribution is 6.21. The molecular weight excluding hydrogens is 558 g/mol. The van der Waals surface area contributed by atoms with Crippen molar-refractivity contribution in [2.45, 2.75) is 0 Å². The largest absolute Gasteiger partial charge is 0.264 e. The first-order valence-corrected chi connectivity index (χ1v) is 15.5. The third-order valence-corrected chi connectivity index (χ3v) is 8.92. The third kappa shape index (κ3) is 4.33. The summed E-state index contributed by atoms with van der Waals surface area (Å²) in [4.78, 5) is 14.8. The Morgan fingerprint density at radius 1 is 0.348 bits per heavy atom. The van der Waals surface area contributed by atoms with Gasteiger partial charge in [0.25, 0.3) is 0 Å². The summed E-state index contributed by atoms with van der Waals surface area (Å²) in [5.41, 5.74) is 10.3. The Labute approximate surface area is 266 Å². The second-order valence-corrected chi connectivity index (χ2v) is 11.6. The van der Waals surface area contributed by atoms with Gasteiger partial charge in [-0.05, 0) is 73.3 Å². The van der Waals surface area contributed by atoms with Crippen LogP contribution in [0.3, 0.4) is 0 Å². The monoisotopic (exact) mass is 585 g/mol. The number of hydrogen-bond acceptors (Lipinski definition) is 3. The minimum atomic E-state index is 0.877. The van der Waals surface area contributed by atoms with Crippen LogP contribution in [0.5, 0.6) is 0 Å². The summed E-state index contributed by atoms with van der Waals surface area (Å²) in [6, 6.07) is 53.5. The molecule has 0 spiro atoms. The molecule has 0 amide bonds. The maximum Gasteiger partial charge on any atom is 0.0973 e. The van der Waals surface area contributed by atoms with Crippen molar-refractivity contribution in [3.63, 3.8) is 0 Å². The van der Waals surface area contributed by atoms with E-state index in [4.69, 9.17) is 9.97 Å². The molecule has 2 heterocycles. The Morgan fingerprint density at radius 2 is 0.848 bits per heavy atom. The van der Waals surface area contributed by atoms with Gasteiger partial charge in [-0.1, -0.05) is 127 Å². The lowest BCUT2D eigenvalue weighted by atomic mass is 9.86. The molecule has 9 rings (SSSR count). The van der Waals surface area contributed by atoms with Crippen LogP contribution in [0.2, 0.25) is 0 Å². The molecule has 0 aliphatic rings. The number of fused-ring (bicyclic) bond motifs is 4. The smallest absolute Gasteiger partial charge is 0.0973 e. The topological polar surface area (TPSA) is 38.7 Å². The summed E-state index contributed by atoms with van der Waals surface area (Å²) < 4.78 is 0. The Hall–Kier alpha value is -6.19. The average molecular weight is 586 g/mol. The predicted octanol–water partition coefficient (Wildman–Crippen LogP) is 11.2. The third-order valence-electron chi connectivity index (χ3n) is 8.92. The van der Waals surface area contributed by atoms with Crippen LogP contribution in [0.25, 0.3) is 88.1 Å². The van der Waals surface area contributed by atoms with Gasteiger partial charge in [0, 0.05) is 29.1 Å². The van der Waals surface area contributed by atoms with Crippen LogP contribution < -0.4 is 0 Å². The molecule has 0 saturated heterocycles. The summed E-state index contributed by atoms with van der Waals surface area (Å²) in [5.74, 6) is 0. The SMILES string of the molecule is c1cncc(-c2c3ccccc3c(-c3ccc(-c4nc5ccccc5nc4-c4ccc5ccccc5c4)cc3)c3ccccc23)c1. The van der Waals surface area contributed by atoms with Crippen molar-refractivity contribution in [2.75, 3.05) is 0 Å². The van der Waals surface area contributed by atoms with E-state index in [-0.39, 0.29) is 0 Å². The molecule has 2 aromatic heterocycles. The van der Waals surface area contributed by atoms with Gasteiger partial charge in [-0.2, -0.15) is 0 Å². The number of rotatable bonds is 4. The van der Waals surface area contributed by atoms with Crippen LogP contribution in [-0.2, 0) is 0 Å². The van der Waals surface area contributed by atoms with Crippen LogP contribution >= 0.6 is 0 Å².